The number of aryl methyl sites for hydroxylation is 2. The first-order chi connectivity index (χ1) is 10.1. The lowest BCUT2D eigenvalue weighted by molar-refractivity contribution is 0.104. The summed E-state index contributed by atoms with van der Waals surface area (Å²) in [6.45, 7) is 4.19. The predicted octanol–water partition coefficient (Wildman–Crippen LogP) is 4.93. The van der Waals surface area contributed by atoms with Crippen molar-refractivity contribution in [1.29, 1.82) is 0 Å². The SMILES string of the molecule is Cc1ccc(-c2oc3cccc4c3c2C=CC4=O)cc1C. The molecule has 0 bridgehead atoms. The van der Waals surface area contributed by atoms with E-state index < -0.39 is 0 Å². The molecule has 0 amide bonds. The van der Waals surface area contributed by atoms with Gasteiger partial charge in [-0.3, -0.25) is 4.79 Å². The molecule has 1 heterocycles. The summed E-state index contributed by atoms with van der Waals surface area (Å²) in [6, 6.07) is 11.9. The molecule has 0 radical (unpaired) electrons. The van der Waals surface area contributed by atoms with E-state index in [4.69, 9.17) is 4.42 Å². The normalized spacial score (nSPS) is 13.1. The third-order valence-electron chi connectivity index (χ3n) is 4.19. The van der Waals surface area contributed by atoms with Crippen LogP contribution in [-0.4, -0.2) is 5.78 Å². The number of hydrogen-bond donors (Lipinski definition) is 0. The van der Waals surface area contributed by atoms with Gasteiger partial charge in [-0.2, -0.15) is 0 Å². The summed E-state index contributed by atoms with van der Waals surface area (Å²) in [5, 5.41) is 0.929. The molecule has 2 nitrogen and oxygen atoms in total. The molecule has 102 valence electrons. The maximum Gasteiger partial charge on any atom is 0.186 e. The fourth-order valence-electron chi connectivity index (χ4n) is 2.88. The molecule has 0 fully saturated rings. The molecule has 1 aliphatic carbocycles. The fourth-order valence-corrected chi connectivity index (χ4v) is 2.88. The predicted molar refractivity (Wildman–Crippen MR) is 84.5 cm³/mol. The second kappa shape index (κ2) is 4.19. The second-order valence-corrected chi connectivity index (χ2v) is 5.52. The molecular weight excluding hydrogens is 260 g/mol. The Morgan fingerprint density at radius 2 is 1.81 bits per heavy atom. The van der Waals surface area contributed by atoms with Crippen LogP contribution in [0.5, 0.6) is 0 Å². The Balaban J connectivity index is 2.05. The number of furan rings is 1. The summed E-state index contributed by atoms with van der Waals surface area (Å²) in [7, 11) is 0. The van der Waals surface area contributed by atoms with Crippen LogP contribution in [-0.2, 0) is 0 Å². The Morgan fingerprint density at radius 1 is 0.952 bits per heavy atom. The van der Waals surface area contributed by atoms with E-state index in [0.717, 1.165) is 33.4 Å². The van der Waals surface area contributed by atoms with E-state index in [1.54, 1.807) is 6.08 Å². The Kier molecular flexibility index (Phi) is 2.43. The minimum atomic E-state index is 0.0422. The summed E-state index contributed by atoms with van der Waals surface area (Å²) in [5.41, 5.74) is 6.04. The van der Waals surface area contributed by atoms with Crippen molar-refractivity contribution in [2.24, 2.45) is 0 Å². The van der Waals surface area contributed by atoms with E-state index in [1.807, 2.05) is 24.3 Å². The van der Waals surface area contributed by atoms with Crippen molar-refractivity contribution >= 4 is 22.8 Å². The maximum atomic E-state index is 12.0. The van der Waals surface area contributed by atoms with Crippen LogP contribution in [0.1, 0.15) is 27.0 Å². The van der Waals surface area contributed by atoms with E-state index in [1.165, 1.54) is 11.1 Å². The van der Waals surface area contributed by atoms with Gasteiger partial charge in [0.05, 0.1) is 0 Å². The van der Waals surface area contributed by atoms with Gasteiger partial charge in [0, 0.05) is 22.1 Å². The zero-order chi connectivity index (χ0) is 14.6. The molecule has 3 aromatic rings. The van der Waals surface area contributed by atoms with Gasteiger partial charge in [-0.25, -0.2) is 0 Å². The Labute approximate surface area is 122 Å². The molecule has 0 atom stereocenters. The zero-order valence-corrected chi connectivity index (χ0v) is 11.9. The van der Waals surface area contributed by atoms with Gasteiger partial charge in [0.15, 0.2) is 5.78 Å². The van der Waals surface area contributed by atoms with Crippen LogP contribution < -0.4 is 0 Å². The average molecular weight is 274 g/mol. The first-order valence-electron chi connectivity index (χ1n) is 7.01. The first kappa shape index (κ1) is 12.2. The second-order valence-electron chi connectivity index (χ2n) is 5.52. The van der Waals surface area contributed by atoms with Crippen LogP contribution >= 0.6 is 0 Å². The van der Waals surface area contributed by atoms with E-state index in [0.29, 0.717) is 0 Å². The molecule has 2 heteroatoms. The van der Waals surface area contributed by atoms with Gasteiger partial charge in [-0.15, -0.1) is 0 Å². The van der Waals surface area contributed by atoms with Crippen LogP contribution in [0.3, 0.4) is 0 Å². The largest absolute Gasteiger partial charge is 0.455 e. The van der Waals surface area contributed by atoms with Crippen LogP contribution in [0.25, 0.3) is 28.4 Å². The number of benzene rings is 2. The number of hydrogen-bond acceptors (Lipinski definition) is 2. The summed E-state index contributed by atoms with van der Waals surface area (Å²) in [4.78, 5) is 12.0. The van der Waals surface area contributed by atoms with Gasteiger partial charge in [-0.05, 0) is 49.3 Å². The summed E-state index contributed by atoms with van der Waals surface area (Å²) in [5.74, 6) is 0.879. The third-order valence-corrected chi connectivity index (χ3v) is 4.19. The van der Waals surface area contributed by atoms with Gasteiger partial charge in [0.2, 0.25) is 0 Å². The summed E-state index contributed by atoms with van der Waals surface area (Å²) >= 11 is 0. The first-order valence-corrected chi connectivity index (χ1v) is 7.01. The molecular formula is C19H14O2. The Bertz CT molecular complexity index is 926. The van der Waals surface area contributed by atoms with E-state index >= 15 is 0 Å². The molecule has 1 aromatic heterocycles. The van der Waals surface area contributed by atoms with Crippen molar-refractivity contribution in [1.82, 2.24) is 0 Å². The maximum absolute atomic E-state index is 12.0. The quantitative estimate of drug-likeness (QED) is 0.630. The molecule has 4 rings (SSSR count). The van der Waals surface area contributed by atoms with Crippen LogP contribution in [0, 0.1) is 13.8 Å². The lowest BCUT2D eigenvalue weighted by Crippen LogP contribution is -1.99. The van der Waals surface area contributed by atoms with Crippen molar-refractivity contribution in [3.8, 4) is 11.3 Å². The van der Waals surface area contributed by atoms with E-state index in [-0.39, 0.29) is 5.78 Å². The van der Waals surface area contributed by atoms with Gasteiger partial charge >= 0.3 is 0 Å². The molecule has 0 saturated carbocycles. The zero-order valence-electron chi connectivity index (χ0n) is 11.9. The number of carbonyl (C=O) groups is 1. The molecule has 21 heavy (non-hydrogen) atoms. The molecule has 0 saturated heterocycles. The fraction of sp³-hybridized carbons (Fsp3) is 0.105. The smallest absolute Gasteiger partial charge is 0.186 e. The number of allylic oxidation sites excluding steroid dienone is 1. The molecule has 0 aliphatic heterocycles. The molecule has 0 spiro atoms. The highest BCUT2D eigenvalue weighted by atomic mass is 16.3. The minimum Gasteiger partial charge on any atom is -0.455 e. The number of carbonyl (C=O) groups excluding carboxylic acids is 1. The number of rotatable bonds is 1. The van der Waals surface area contributed by atoms with Crippen molar-refractivity contribution in [3.05, 3.63) is 64.7 Å². The molecule has 0 unspecified atom stereocenters. The topological polar surface area (TPSA) is 30.2 Å². The van der Waals surface area contributed by atoms with Crippen LogP contribution in [0.2, 0.25) is 0 Å². The van der Waals surface area contributed by atoms with Gasteiger partial charge in [-0.1, -0.05) is 24.3 Å². The van der Waals surface area contributed by atoms with E-state index in [2.05, 4.69) is 32.0 Å². The monoisotopic (exact) mass is 274 g/mol. The minimum absolute atomic E-state index is 0.0422. The Hall–Kier alpha value is -2.61. The van der Waals surface area contributed by atoms with E-state index in [9.17, 15) is 4.79 Å². The highest BCUT2D eigenvalue weighted by Crippen LogP contribution is 2.39. The summed E-state index contributed by atoms with van der Waals surface area (Å²) < 4.78 is 6.04. The number of ketones is 1. The molecule has 2 aromatic carbocycles. The summed E-state index contributed by atoms with van der Waals surface area (Å²) in [6.07, 6.45) is 3.49. The standard InChI is InChI=1S/C19H14O2/c1-11-6-7-13(10-12(11)2)19-15-8-9-16(20)14-4-3-5-17(21-19)18(14)15/h3-10H,1-2H3. The van der Waals surface area contributed by atoms with Gasteiger partial charge < -0.3 is 4.42 Å². The lowest BCUT2D eigenvalue weighted by Gasteiger charge is -2.06. The van der Waals surface area contributed by atoms with Crippen molar-refractivity contribution < 1.29 is 9.21 Å². The van der Waals surface area contributed by atoms with Crippen molar-refractivity contribution in [2.75, 3.05) is 0 Å². The highest BCUT2D eigenvalue weighted by Gasteiger charge is 2.22. The van der Waals surface area contributed by atoms with Crippen LogP contribution in [0.15, 0.2) is 46.9 Å². The van der Waals surface area contributed by atoms with Crippen LogP contribution in [0.4, 0.5) is 0 Å². The van der Waals surface area contributed by atoms with Crippen molar-refractivity contribution in [2.45, 2.75) is 13.8 Å². The lowest BCUT2D eigenvalue weighted by atomic mass is 9.94. The van der Waals surface area contributed by atoms with Crippen molar-refractivity contribution in [3.63, 3.8) is 0 Å². The highest BCUT2D eigenvalue weighted by molar-refractivity contribution is 6.20. The van der Waals surface area contributed by atoms with Gasteiger partial charge in [0.1, 0.15) is 11.3 Å². The third kappa shape index (κ3) is 1.69. The molecule has 1 aliphatic rings. The van der Waals surface area contributed by atoms with Gasteiger partial charge in [0.25, 0.3) is 0 Å². The average Bonchev–Trinajstić information content (AvgIpc) is 2.86. The Morgan fingerprint density at radius 3 is 2.62 bits per heavy atom. The molecule has 0 N–H and O–H groups in total.